The molecule has 2 aliphatic rings. The third kappa shape index (κ3) is 3.94. The zero-order chi connectivity index (χ0) is 17.9. The van der Waals surface area contributed by atoms with Gasteiger partial charge in [0.1, 0.15) is 17.5 Å². The summed E-state index contributed by atoms with van der Waals surface area (Å²) in [7, 11) is 0. The highest BCUT2D eigenvalue weighted by molar-refractivity contribution is 5.51. The predicted molar refractivity (Wildman–Crippen MR) is 96.3 cm³/mol. The first kappa shape index (κ1) is 17.2. The van der Waals surface area contributed by atoms with Crippen LogP contribution in [-0.4, -0.2) is 77.5 Å². The van der Waals surface area contributed by atoms with E-state index in [0.29, 0.717) is 18.3 Å². The summed E-state index contributed by atoms with van der Waals surface area (Å²) in [4.78, 5) is 20.5. The molecule has 0 radical (unpaired) electrons. The molecular weight excluding hydrogens is 334 g/mol. The molecule has 0 bridgehead atoms. The van der Waals surface area contributed by atoms with Crippen LogP contribution in [0.3, 0.4) is 0 Å². The van der Waals surface area contributed by atoms with Gasteiger partial charge in [0.25, 0.3) is 0 Å². The van der Waals surface area contributed by atoms with Crippen molar-refractivity contribution in [2.45, 2.75) is 20.4 Å². The molecule has 2 aromatic rings. The van der Waals surface area contributed by atoms with Gasteiger partial charge < -0.3 is 19.1 Å². The van der Waals surface area contributed by atoms with Crippen LogP contribution in [0.4, 0.5) is 11.6 Å². The van der Waals surface area contributed by atoms with Crippen LogP contribution in [0.2, 0.25) is 0 Å². The van der Waals surface area contributed by atoms with Crippen LogP contribution in [0.25, 0.3) is 0 Å². The van der Waals surface area contributed by atoms with Crippen molar-refractivity contribution in [1.82, 2.24) is 25.0 Å². The Balaban J connectivity index is 1.39. The quantitative estimate of drug-likeness (QED) is 0.780. The van der Waals surface area contributed by atoms with Gasteiger partial charge in [-0.05, 0) is 13.8 Å². The Hall–Kier alpha value is -2.26. The smallest absolute Gasteiger partial charge is 0.240 e. The topological polar surface area (TPSA) is 83.7 Å². The molecular formula is C17H25N7O2. The van der Waals surface area contributed by atoms with Crippen LogP contribution in [0.1, 0.15) is 17.5 Å². The maximum atomic E-state index is 5.44. The molecule has 9 heteroatoms. The van der Waals surface area contributed by atoms with Crippen LogP contribution < -0.4 is 9.80 Å². The molecule has 140 valence electrons. The Morgan fingerprint density at radius 2 is 1.50 bits per heavy atom. The Morgan fingerprint density at radius 3 is 2.12 bits per heavy atom. The number of hydrogen-bond donors (Lipinski definition) is 0. The molecule has 0 aromatic carbocycles. The summed E-state index contributed by atoms with van der Waals surface area (Å²) in [5, 5.41) is 3.85. The van der Waals surface area contributed by atoms with Crippen molar-refractivity contribution in [3.8, 4) is 0 Å². The van der Waals surface area contributed by atoms with E-state index in [1.54, 1.807) is 0 Å². The maximum absolute atomic E-state index is 5.44. The van der Waals surface area contributed by atoms with Crippen LogP contribution in [-0.2, 0) is 11.3 Å². The Bertz CT molecular complexity index is 736. The number of aryl methyl sites for hydroxylation is 2. The molecule has 4 heterocycles. The number of rotatable bonds is 4. The highest BCUT2D eigenvalue weighted by atomic mass is 16.5. The summed E-state index contributed by atoms with van der Waals surface area (Å²) in [6.07, 6.45) is 0. The lowest BCUT2D eigenvalue weighted by atomic mass is 10.3. The third-order valence-electron chi connectivity index (χ3n) is 4.77. The first-order valence-corrected chi connectivity index (χ1v) is 9.12. The summed E-state index contributed by atoms with van der Waals surface area (Å²) in [6, 6.07) is 2.11. The van der Waals surface area contributed by atoms with Gasteiger partial charge >= 0.3 is 0 Å². The monoisotopic (exact) mass is 359 g/mol. The van der Waals surface area contributed by atoms with E-state index >= 15 is 0 Å². The van der Waals surface area contributed by atoms with Gasteiger partial charge in [0, 0.05) is 45.3 Å². The molecule has 0 atom stereocenters. The molecule has 2 fully saturated rings. The fraction of sp³-hybridized carbons (Fsp3) is 0.647. The lowest BCUT2D eigenvalue weighted by Gasteiger charge is -2.35. The number of nitrogens with zero attached hydrogens (tertiary/aromatic N) is 7. The average molecular weight is 359 g/mol. The molecule has 0 amide bonds. The zero-order valence-corrected chi connectivity index (χ0v) is 15.4. The number of hydrogen-bond acceptors (Lipinski definition) is 9. The van der Waals surface area contributed by atoms with Gasteiger partial charge in [0.2, 0.25) is 5.89 Å². The molecule has 2 aromatic heterocycles. The second-order valence-corrected chi connectivity index (χ2v) is 6.73. The van der Waals surface area contributed by atoms with E-state index in [4.69, 9.17) is 9.26 Å². The molecule has 4 rings (SSSR count). The van der Waals surface area contributed by atoms with Crippen molar-refractivity contribution in [3.05, 3.63) is 23.6 Å². The highest BCUT2D eigenvalue weighted by Crippen LogP contribution is 2.21. The number of piperazine rings is 1. The van der Waals surface area contributed by atoms with E-state index in [1.165, 1.54) is 0 Å². The molecule has 2 aliphatic heterocycles. The van der Waals surface area contributed by atoms with Gasteiger partial charge in [-0.15, -0.1) is 0 Å². The lowest BCUT2D eigenvalue weighted by molar-refractivity contribution is 0.122. The molecule has 0 spiro atoms. The minimum atomic E-state index is 0.684. The number of anilines is 2. The van der Waals surface area contributed by atoms with Crippen LogP contribution in [0, 0.1) is 13.8 Å². The summed E-state index contributed by atoms with van der Waals surface area (Å²) >= 11 is 0. The van der Waals surface area contributed by atoms with Gasteiger partial charge in [0.15, 0.2) is 5.82 Å². The van der Waals surface area contributed by atoms with Crippen molar-refractivity contribution in [2.75, 3.05) is 62.3 Å². The van der Waals surface area contributed by atoms with E-state index in [1.807, 2.05) is 13.8 Å². The lowest BCUT2D eigenvalue weighted by Crippen LogP contribution is -2.46. The summed E-state index contributed by atoms with van der Waals surface area (Å²) in [6.45, 7) is 11.5. The van der Waals surface area contributed by atoms with Crippen molar-refractivity contribution < 1.29 is 9.26 Å². The van der Waals surface area contributed by atoms with E-state index in [9.17, 15) is 0 Å². The predicted octanol–water partition coefficient (Wildman–Crippen LogP) is 0.635. The van der Waals surface area contributed by atoms with Crippen molar-refractivity contribution in [3.63, 3.8) is 0 Å². The largest absolute Gasteiger partial charge is 0.378 e. The number of aromatic nitrogens is 4. The zero-order valence-electron chi connectivity index (χ0n) is 15.4. The van der Waals surface area contributed by atoms with E-state index < -0.39 is 0 Å². The molecule has 2 saturated heterocycles. The molecule has 0 aliphatic carbocycles. The Labute approximate surface area is 153 Å². The summed E-state index contributed by atoms with van der Waals surface area (Å²) in [5.41, 5.74) is 0. The second-order valence-electron chi connectivity index (χ2n) is 6.73. The first-order chi connectivity index (χ1) is 12.7. The SMILES string of the molecule is Cc1nc(N2CCOCC2)cc(N2CCN(Cc3nc(C)no3)CC2)n1. The molecule has 9 nitrogen and oxygen atoms in total. The molecule has 0 unspecified atom stereocenters. The summed E-state index contributed by atoms with van der Waals surface area (Å²) in [5.74, 6) is 4.19. The Morgan fingerprint density at radius 1 is 0.846 bits per heavy atom. The maximum Gasteiger partial charge on any atom is 0.240 e. The summed E-state index contributed by atoms with van der Waals surface area (Å²) < 4.78 is 10.7. The Kier molecular flexibility index (Phi) is 4.98. The molecule has 0 saturated carbocycles. The number of morpholine rings is 1. The standard InChI is InChI=1S/C17H25N7O2/c1-13-18-15(11-16(19-13)24-7-9-25-10-8-24)23-5-3-22(4-6-23)12-17-20-14(2)21-26-17/h11H,3-10,12H2,1-2H3. The van der Waals surface area contributed by atoms with Crippen LogP contribution >= 0.6 is 0 Å². The fourth-order valence-corrected chi connectivity index (χ4v) is 3.38. The van der Waals surface area contributed by atoms with Crippen molar-refractivity contribution in [2.24, 2.45) is 0 Å². The molecule has 26 heavy (non-hydrogen) atoms. The van der Waals surface area contributed by atoms with E-state index in [2.05, 4.69) is 40.9 Å². The average Bonchev–Trinajstić information content (AvgIpc) is 3.07. The van der Waals surface area contributed by atoms with Crippen molar-refractivity contribution in [1.29, 1.82) is 0 Å². The van der Waals surface area contributed by atoms with Crippen molar-refractivity contribution >= 4 is 11.6 Å². The van der Waals surface area contributed by atoms with E-state index in [0.717, 1.165) is 69.9 Å². The normalized spacial score (nSPS) is 19.2. The van der Waals surface area contributed by atoms with Crippen LogP contribution in [0.15, 0.2) is 10.6 Å². The van der Waals surface area contributed by atoms with Gasteiger partial charge in [0.05, 0.1) is 19.8 Å². The minimum absolute atomic E-state index is 0.684. The van der Waals surface area contributed by atoms with E-state index in [-0.39, 0.29) is 0 Å². The van der Waals surface area contributed by atoms with Gasteiger partial charge in [-0.3, -0.25) is 4.90 Å². The minimum Gasteiger partial charge on any atom is -0.378 e. The van der Waals surface area contributed by atoms with Gasteiger partial charge in [-0.25, -0.2) is 9.97 Å². The highest BCUT2D eigenvalue weighted by Gasteiger charge is 2.22. The second kappa shape index (κ2) is 7.55. The molecule has 0 N–H and O–H groups in total. The van der Waals surface area contributed by atoms with Crippen LogP contribution in [0.5, 0.6) is 0 Å². The number of ether oxygens (including phenoxy) is 1. The third-order valence-corrected chi connectivity index (χ3v) is 4.77. The van der Waals surface area contributed by atoms with Gasteiger partial charge in [-0.2, -0.15) is 4.98 Å². The first-order valence-electron chi connectivity index (χ1n) is 9.12. The fourth-order valence-electron chi connectivity index (χ4n) is 3.38. The van der Waals surface area contributed by atoms with Gasteiger partial charge in [-0.1, -0.05) is 5.16 Å².